The zero-order chi connectivity index (χ0) is 14.1. The number of halogens is 1. The first-order chi connectivity index (χ1) is 9.21. The standard InChI is InChI=1S/C12H19ClN4O2/c1-18-7-3-6-15-12(17-14)16-9-4-5-10(13)11(8-9)19-2/h4-5,8H,3,6-7,14H2,1-2H3,(H2,15,16,17). The molecule has 7 heteroatoms. The predicted molar refractivity (Wildman–Crippen MR) is 77.7 cm³/mol. The SMILES string of the molecule is COCCCN=C(NN)Nc1ccc(Cl)c(OC)c1. The Kier molecular flexibility index (Phi) is 7.02. The Morgan fingerprint density at radius 2 is 2.21 bits per heavy atom. The Morgan fingerprint density at radius 3 is 2.84 bits per heavy atom. The maximum Gasteiger partial charge on any atom is 0.210 e. The van der Waals surface area contributed by atoms with Crippen LogP contribution in [0, 0.1) is 0 Å². The number of benzene rings is 1. The Labute approximate surface area is 117 Å². The third-order valence-electron chi connectivity index (χ3n) is 2.33. The second kappa shape index (κ2) is 8.58. The van der Waals surface area contributed by atoms with Gasteiger partial charge >= 0.3 is 0 Å². The summed E-state index contributed by atoms with van der Waals surface area (Å²) in [6, 6.07) is 5.32. The van der Waals surface area contributed by atoms with E-state index in [1.54, 1.807) is 26.4 Å². The first-order valence-corrected chi connectivity index (χ1v) is 6.19. The maximum atomic E-state index is 5.95. The van der Waals surface area contributed by atoms with Crippen LogP contribution in [0.25, 0.3) is 0 Å². The number of nitrogens with one attached hydrogen (secondary N) is 2. The molecule has 0 spiro atoms. The van der Waals surface area contributed by atoms with Gasteiger partial charge in [0.05, 0.1) is 12.1 Å². The molecule has 1 aromatic carbocycles. The number of nitrogens with two attached hydrogens (primary N) is 1. The van der Waals surface area contributed by atoms with Gasteiger partial charge in [0.15, 0.2) is 0 Å². The van der Waals surface area contributed by atoms with Crippen molar-refractivity contribution in [1.82, 2.24) is 5.43 Å². The van der Waals surface area contributed by atoms with Crippen LogP contribution in [0.15, 0.2) is 23.2 Å². The molecule has 19 heavy (non-hydrogen) atoms. The summed E-state index contributed by atoms with van der Waals surface area (Å²) >= 11 is 5.95. The first-order valence-electron chi connectivity index (χ1n) is 5.81. The summed E-state index contributed by atoms with van der Waals surface area (Å²) in [7, 11) is 3.22. The normalized spacial score (nSPS) is 11.3. The third-order valence-corrected chi connectivity index (χ3v) is 2.64. The van der Waals surface area contributed by atoms with Gasteiger partial charge in [0.1, 0.15) is 5.75 Å². The highest BCUT2D eigenvalue weighted by molar-refractivity contribution is 6.32. The van der Waals surface area contributed by atoms with E-state index >= 15 is 0 Å². The van der Waals surface area contributed by atoms with Crippen LogP contribution in [0.4, 0.5) is 5.69 Å². The van der Waals surface area contributed by atoms with Crippen LogP contribution in [0.3, 0.4) is 0 Å². The molecule has 0 amide bonds. The highest BCUT2D eigenvalue weighted by Crippen LogP contribution is 2.27. The zero-order valence-electron chi connectivity index (χ0n) is 11.1. The van der Waals surface area contributed by atoms with Gasteiger partial charge in [-0.25, -0.2) is 5.84 Å². The number of ether oxygens (including phenoxy) is 2. The van der Waals surface area contributed by atoms with E-state index in [0.29, 0.717) is 29.9 Å². The van der Waals surface area contributed by atoms with E-state index in [-0.39, 0.29) is 0 Å². The predicted octanol–water partition coefficient (Wildman–Crippen LogP) is 1.62. The molecule has 0 unspecified atom stereocenters. The highest BCUT2D eigenvalue weighted by Gasteiger charge is 2.03. The van der Waals surface area contributed by atoms with Crippen LogP contribution < -0.4 is 21.3 Å². The number of nitrogens with zero attached hydrogens (tertiary/aromatic N) is 1. The molecule has 0 aliphatic rings. The molecular weight excluding hydrogens is 268 g/mol. The fraction of sp³-hybridized carbons (Fsp3) is 0.417. The number of hydrogen-bond donors (Lipinski definition) is 3. The lowest BCUT2D eigenvalue weighted by Crippen LogP contribution is -2.36. The summed E-state index contributed by atoms with van der Waals surface area (Å²) in [6.45, 7) is 1.28. The lowest BCUT2D eigenvalue weighted by Gasteiger charge is -2.11. The van der Waals surface area contributed by atoms with Crippen LogP contribution in [-0.4, -0.2) is 33.3 Å². The number of methoxy groups -OCH3 is 2. The van der Waals surface area contributed by atoms with Crippen LogP contribution >= 0.6 is 11.6 Å². The zero-order valence-corrected chi connectivity index (χ0v) is 11.8. The van der Waals surface area contributed by atoms with E-state index < -0.39 is 0 Å². The number of aliphatic imine (C=N–C) groups is 1. The lowest BCUT2D eigenvalue weighted by molar-refractivity contribution is 0.197. The number of anilines is 1. The molecule has 1 rings (SSSR count). The first kappa shape index (κ1) is 15.6. The summed E-state index contributed by atoms with van der Waals surface area (Å²) in [5, 5.41) is 3.59. The van der Waals surface area contributed by atoms with Crippen molar-refractivity contribution in [2.75, 3.05) is 32.7 Å². The lowest BCUT2D eigenvalue weighted by atomic mass is 10.3. The van der Waals surface area contributed by atoms with Crippen LogP contribution in [0.5, 0.6) is 5.75 Å². The van der Waals surface area contributed by atoms with Crippen molar-refractivity contribution in [3.63, 3.8) is 0 Å². The molecule has 0 aliphatic heterocycles. The van der Waals surface area contributed by atoms with Gasteiger partial charge in [0, 0.05) is 32.0 Å². The second-order valence-electron chi connectivity index (χ2n) is 3.70. The van der Waals surface area contributed by atoms with Crippen molar-refractivity contribution in [1.29, 1.82) is 0 Å². The molecule has 6 nitrogen and oxygen atoms in total. The molecule has 0 saturated carbocycles. The highest BCUT2D eigenvalue weighted by atomic mass is 35.5. The quantitative estimate of drug-likeness (QED) is 0.243. The van der Waals surface area contributed by atoms with Crippen LogP contribution in [-0.2, 0) is 4.74 Å². The van der Waals surface area contributed by atoms with E-state index in [9.17, 15) is 0 Å². The van der Waals surface area contributed by atoms with Gasteiger partial charge in [-0.05, 0) is 18.6 Å². The van der Waals surface area contributed by atoms with Crippen molar-refractivity contribution in [3.8, 4) is 5.75 Å². The molecule has 1 aromatic rings. The Bertz CT molecular complexity index is 426. The van der Waals surface area contributed by atoms with Crippen molar-refractivity contribution >= 4 is 23.2 Å². The fourth-order valence-corrected chi connectivity index (χ4v) is 1.59. The number of hydrazine groups is 1. The third kappa shape index (κ3) is 5.34. The van der Waals surface area contributed by atoms with Gasteiger partial charge in [0.25, 0.3) is 0 Å². The Balaban J connectivity index is 2.64. The molecule has 4 N–H and O–H groups in total. The molecule has 0 bridgehead atoms. The van der Waals surface area contributed by atoms with Crippen molar-refractivity contribution in [2.45, 2.75) is 6.42 Å². The van der Waals surface area contributed by atoms with Gasteiger partial charge in [-0.15, -0.1) is 0 Å². The van der Waals surface area contributed by atoms with E-state index in [1.165, 1.54) is 0 Å². The van der Waals surface area contributed by atoms with Crippen LogP contribution in [0.2, 0.25) is 5.02 Å². The Morgan fingerprint density at radius 1 is 1.42 bits per heavy atom. The average molecular weight is 287 g/mol. The summed E-state index contributed by atoms with van der Waals surface area (Å²) in [6.07, 6.45) is 0.827. The largest absolute Gasteiger partial charge is 0.495 e. The number of hydrogen-bond acceptors (Lipinski definition) is 4. The molecule has 0 radical (unpaired) electrons. The monoisotopic (exact) mass is 286 g/mol. The number of rotatable bonds is 6. The van der Waals surface area contributed by atoms with E-state index in [4.69, 9.17) is 26.9 Å². The van der Waals surface area contributed by atoms with Crippen molar-refractivity contribution in [3.05, 3.63) is 23.2 Å². The van der Waals surface area contributed by atoms with E-state index in [1.807, 2.05) is 6.07 Å². The van der Waals surface area contributed by atoms with Gasteiger partial charge in [-0.3, -0.25) is 10.4 Å². The topological polar surface area (TPSA) is 80.9 Å². The minimum atomic E-state index is 0.473. The molecule has 0 atom stereocenters. The minimum Gasteiger partial charge on any atom is -0.495 e. The number of guanidine groups is 1. The van der Waals surface area contributed by atoms with Gasteiger partial charge in [-0.2, -0.15) is 0 Å². The molecular formula is C12H19ClN4O2. The summed E-state index contributed by atoms with van der Waals surface area (Å²) in [5.74, 6) is 6.46. The summed E-state index contributed by atoms with van der Waals surface area (Å²) in [5.41, 5.74) is 3.29. The fourth-order valence-electron chi connectivity index (χ4n) is 1.40. The molecule has 0 saturated heterocycles. The van der Waals surface area contributed by atoms with Crippen molar-refractivity contribution < 1.29 is 9.47 Å². The second-order valence-corrected chi connectivity index (χ2v) is 4.10. The van der Waals surface area contributed by atoms with Gasteiger partial charge < -0.3 is 14.8 Å². The smallest absolute Gasteiger partial charge is 0.210 e. The van der Waals surface area contributed by atoms with E-state index in [2.05, 4.69) is 15.7 Å². The Hall–Kier alpha value is -1.50. The molecule has 0 aliphatic carbocycles. The van der Waals surface area contributed by atoms with E-state index in [0.717, 1.165) is 12.1 Å². The molecule has 0 heterocycles. The van der Waals surface area contributed by atoms with Crippen molar-refractivity contribution in [2.24, 2.45) is 10.8 Å². The molecule has 0 fully saturated rings. The minimum absolute atomic E-state index is 0.473. The molecule has 0 aromatic heterocycles. The van der Waals surface area contributed by atoms with Crippen LogP contribution in [0.1, 0.15) is 6.42 Å². The van der Waals surface area contributed by atoms with Gasteiger partial charge in [-0.1, -0.05) is 11.6 Å². The summed E-state index contributed by atoms with van der Waals surface area (Å²) < 4.78 is 10.1. The average Bonchev–Trinajstić information content (AvgIpc) is 2.44. The maximum absolute atomic E-state index is 5.95. The van der Waals surface area contributed by atoms with Gasteiger partial charge in [0.2, 0.25) is 5.96 Å². The summed E-state index contributed by atoms with van der Waals surface area (Å²) in [4.78, 5) is 4.27. The molecule has 106 valence electrons.